The van der Waals surface area contributed by atoms with E-state index >= 15 is 0 Å². The van der Waals surface area contributed by atoms with Crippen molar-refractivity contribution in [1.82, 2.24) is 15.1 Å². The maximum atomic E-state index is 12.0. The van der Waals surface area contributed by atoms with E-state index in [0.29, 0.717) is 5.91 Å². The van der Waals surface area contributed by atoms with Crippen molar-refractivity contribution >= 4 is 35.8 Å². The van der Waals surface area contributed by atoms with Gasteiger partial charge in [0, 0.05) is 45.7 Å². The average molecular weight is 450 g/mol. The molecule has 2 aliphatic heterocycles. The van der Waals surface area contributed by atoms with Crippen molar-refractivity contribution in [3.8, 4) is 0 Å². The molecule has 0 aromatic carbocycles. The first kappa shape index (κ1) is 21.5. The van der Waals surface area contributed by atoms with Gasteiger partial charge in [-0.1, -0.05) is 13.3 Å². The zero-order valence-corrected chi connectivity index (χ0v) is 17.8. The molecule has 24 heavy (non-hydrogen) atoms. The first-order chi connectivity index (χ1) is 11.2. The smallest absolute Gasteiger partial charge is 0.222 e. The first-order valence-corrected chi connectivity index (χ1v) is 9.51. The molecule has 2 rings (SSSR count). The largest absolute Gasteiger partial charge is 0.357 e. The number of hydrogen-bond donors (Lipinski definition) is 1. The predicted octanol–water partition coefficient (Wildman–Crippen LogP) is 3.09. The minimum atomic E-state index is 0. The van der Waals surface area contributed by atoms with Crippen LogP contribution in [-0.4, -0.2) is 60.9 Å². The van der Waals surface area contributed by atoms with Crippen LogP contribution in [0, 0.1) is 5.92 Å². The molecule has 0 aromatic rings. The van der Waals surface area contributed by atoms with Crippen LogP contribution < -0.4 is 5.32 Å². The minimum Gasteiger partial charge on any atom is -0.357 e. The Labute approximate surface area is 164 Å². The summed E-state index contributed by atoms with van der Waals surface area (Å²) in [5.41, 5.74) is 0. The molecule has 0 saturated carbocycles. The fourth-order valence-electron chi connectivity index (χ4n) is 3.37. The summed E-state index contributed by atoms with van der Waals surface area (Å²) in [6, 6.07) is 0. The van der Waals surface area contributed by atoms with E-state index in [2.05, 4.69) is 24.1 Å². The van der Waals surface area contributed by atoms with Crippen molar-refractivity contribution in [2.24, 2.45) is 10.9 Å². The molecule has 2 heterocycles. The zero-order chi connectivity index (χ0) is 16.5. The van der Waals surface area contributed by atoms with Crippen LogP contribution in [0.1, 0.15) is 58.8 Å². The van der Waals surface area contributed by atoms with Crippen molar-refractivity contribution in [3.63, 3.8) is 0 Å². The van der Waals surface area contributed by atoms with E-state index in [-0.39, 0.29) is 24.0 Å². The molecule has 140 valence electrons. The third kappa shape index (κ3) is 7.15. The highest BCUT2D eigenvalue weighted by atomic mass is 127. The Kier molecular flexibility index (Phi) is 10.7. The maximum Gasteiger partial charge on any atom is 0.222 e. The summed E-state index contributed by atoms with van der Waals surface area (Å²) < 4.78 is 0. The number of rotatable bonds is 5. The van der Waals surface area contributed by atoms with Gasteiger partial charge in [-0.05, 0) is 44.9 Å². The van der Waals surface area contributed by atoms with Gasteiger partial charge in [0.15, 0.2) is 5.96 Å². The highest BCUT2D eigenvalue weighted by Crippen LogP contribution is 2.16. The molecule has 0 aromatic heterocycles. The van der Waals surface area contributed by atoms with E-state index in [1.54, 1.807) is 0 Å². The molecule has 2 aliphatic rings. The van der Waals surface area contributed by atoms with Crippen LogP contribution in [-0.2, 0) is 4.79 Å². The fraction of sp³-hybridized carbons (Fsp3) is 0.889. The summed E-state index contributed by atoms with van der Waals surface area (Å²) in [5.74, 6) is 2.23. The topological polar surface area (TPSA) is 47.9 Å². The SMILES string of the molecule is CCNC(=NCCCN1CCCCCC1=O)N1CCC(C)CC1.I. The monoisotopic (exact) mass is 450 g/mol. The van der Waals surface area contributed by atoms with Crippen LogP contribution >= 0.6 is 24.0 Å². The Bertz CT molecular complexity index is 394. The normalized spacial score (nSPS) is 20.6. The van der Waals surface area contributed by atoms with E-state index in [1.807, 2.05) is 4.90 Å². The second-order valence-electron chi connectivity index (χ2n) is 6.95. The van der Waals surface area contributed by atoms with Gasteiger partial charge in [-0.15, -0.1) is 24.0 Å². The van der Waals surface area contributed by atoms with Gasteiger partial charge >= 0.3 is 0 Å². The molecule has 0 bridgehead atoms. The first-order valence-electron chi connectivity index (χ1n) is 9.51. The highest BCUT2D eigenvalue weighted by Gasteiger charge is 2.19. The van der Waals surface area contributed by atoms with Gasteiger partial charge < -0.3 is 15.1 Å². The van der Waals surface area contributed by atoms with Gasteiger partial charge in [0.25, 0.3) is 0 Å². The summed E-state index contributed by atoms with van der Waals surface area (Å²) in [5, 5.41) is 3.42. The predicted molar refractivity (Wildman–Crippen MR) is 111 cm³/mol. The Balaban J connectivity index is 0.00000288. The van der Waals surface area contributed by atoms with Crippen LogP contribution in [0.3, 0.4) is 0 Å². The molecule has 2 saturated heterocycles. The van der Waals surface area contributed by atoms with Gasteiger partial charge in [0.05, 0.1) is 0 Å². The molecule has 0 radical (unpaired) electrons. The van der Waals surface area contributed by atoms with Crippen molar-refractivity contribution in [1.29, 1.82) is 0 Å². The van der Waals surface area contributed by atoms with Crippen LogP contribution in [0.4, 0.5) is 0 Å². The molecule has 0 atom stereocenters. The molecule has 0 unspecified atom stereocenters. The second-order valence-corrected chi connectivity index (χ2v) is 6.95. The number of piperidine rings is 1. The standard InChI is InChI=1S/C18H34N4O.HI/c1-3-19-18(22-14-9-16(2)10-15-22)20-11-7-13-21-12-6-4-5-8-17(21)23;/h16H,3-15H2,1-2H3,(H,19,20);1H. The maximum absolute atomic E-state index is 12.0. The highest BCUT2D eigenvalue weighted by molar-refractivity contribution is 14.0. The third-order valence-corrected chi connectivity index (χ3v) is 4.94. The summed E-state index contributed by atoms with van der Waals surface area (Å²) in [6.45, 7) is 10.2. The molecule has 5 nitrogen and oxygen atoms in total. The summed E-state index contributed by atoms with van der Waals surface area (Å²) in [7, 11) is 0. The lowest BCUT2D eigenvalue weighted by molar-refractivity contribution is -0.130. The third-order valence-electron chi connectivity index (χ3n) is 4.94. The summed E-state index contributed by atoms with van der Waals surface area (Å²) in [4.78, 5) is 21.2. The fourth-order valence-corrected chi connectivity index (χ4v) is 3.37. The van der Waals surface area contributed by atoms with Crippen molar-refractivity contribution in [2.45, 2.75) is 58.8 Å². The Morgan fingerprint density at radius 1 is 1.21 bits per heavy atom. The van der Waals surface area contributed by atoms with Crippen LogP contribution in [0.15, 0.2) is 4.99 Å². The van der Waals surface area contributed by atoms with Crippen LogP contribution in [0.25, 0.3) is 0 Å². The van der Waals surface area contributed by atoms with E-state index < -0.39 is 0 Å². The van der Waals surface area contributed by atoms with Crippen molar-refractivity contribution in [2.75, 3.05) is 39.3 Å². The lowest BCUT2D eigenvalue weighted by atomic mass is 10.00. The lowest BCUT2D eigenvalue weighted by Crippen LogP contribution is -2.45. The van der Waals surface area contributed by atoms with Crippen molar-refractivity contribution < 1.29 is 4.79 Å². The van der Waals surface area contributed by atoms with E-state index in [4.69, 9.17) is 4.99 Å². The Morgan fingerprint density at radius 2 is 1.96 bits per heavy atom. The molecular formula is C18H35IN4O. The number of carbonyl (C=O) groups excluding carboxylic acids is 1. The minimum absolute atomic E-state index is 0. The lowest BCUT2D eigenvalue weighted by Gasteiger charge is -2.33. The molecule has 0 spiro atoms. The summed E-state index contributed by atoms with van der Waals surface area (Å²) in [6.07, 6.45) is 7.62. The number of halogens is 1. The quantitative estimate of drug-likeness (QED) is 0.303. The number of aliphatic imine (C=N–C) groups is 1. The number of hydrogen-bond acceptors (Lipinski definition) is 2. The van der Waals surface area contributed by atoms with Crippen LogP contribution in [0.5, 0.6) is 0 Å². The number of likely N-dealkylation sites (tertiary alicyclic amines) is 2. The van der Waals surface area contributed by atoms with Crippen LogP contribution in [0.2, 0.25) is 0 Å². The second kappa shape index (κ2) is 11.9. The van der Waals surface area contributed by atoms with E-state index in [0.717, 1.165) is 76.8 Å². The zero-order valence-electron chi connectivity index (χ0n) is 15.4. The molecule has 1 amide bonds. The van der Waals surface area contributed by atoms with E-state index in [1.165, 1.54) is 19.3 Å². The van der Waals surface area contributed by atoms with Gasteiger partial charge in [0.2, 0.25) is 5.91 Å². The molecule has 1 N–H and O–H groups in total. The molecule has 6 heteroatoms. The summed E-state index contributed by atoms with van der Waals surface area (Å²) >= 11 is 0. The Morgan fingerprint density at radius 3 is 2.67 bits per heavy atom. The van der Waals surface area contributed by atoms with Crippen molar-refractivity contribution in [3.05, 3.63) is 0 Å². The molecule has 0 aliphatic carbocycles. The number of amides is 1. The van der Waals surface area contributed by atoms with Gasteiger partial charge in [-0.2, -0.15) is 0 Å². The number of carbonyl (C=O) groups is 1. The molecular weight excluding hydrogens is 415 g/mol. The number of nitrogens with zero attached hydrogens (tertiary/aromatic N) is 3. The number of guanidine groups is 1. The van der Waals surface area contributed by atoms with Gasteiger partial charge in [-0.25, -0.2) is 0 Å². The average Bonchev–Trinajstić information content (AvgIpc) is 2.76. The number of nitrogens with one attached hydrogen (secondary N) is 1. The molecule has 2 fully saturated rings. The Hall–Kier alpha value is -0.530. The van der Waals surface area contributed by atoms with Gasteiger partial charge in [-0.3, -0.25) is 9.79 Å². The van der Waals surface area contributed by atoms with E-state index in [9.17, 15) is 4.79 Å². The van der Waals surface area contributed by atoms with Gasteiger partial charge in [0.1, 0.15) is 0 Å².